The van der Waals surface area contributed by atoms with Crippen molar-refractivity contribution in [1.82, 2.24) is 20.7 Å². The van der Waals surface area contributed by atoms with E-state index in [1.54, 1.807) is 11.3 Å². The number of aromatic amines is 1. The number of rotatable bonds is 3. The van der Waals surface area contributed by atoms with Gasteiger partial charge in [0.15, 0.2) is 0 Å². The molecule has 124 valence electrons. The van der Waals surface area contributed by atoms with Crippen LogP contribution in [0, 0.1) is 11.8 Å². The third kappa shape index (κ3) is 2.79. The van der Waals surface area contributed by atoms with Gasteiger partial charge in [-0.2, -0.15) is 0 Å². The Morgan fingerprint density at radius 2 is 2.22 bits per heavy atom. The summed E-state index contributed by atoms with van der Waals surface area (Å²) in [6.07, 6.45) is 3.40. The van der Waals surface area contributed by atoms with Crippen LogP contribution in [-0.2, 0) is 0 Å². The van der Waals surface area contributed by atoms with E-state index in [9.17, 15) is 4.79 Å². The summed E-state index contributed by atoms with van der Waals surface area (Å²) in [6, 6.07) is 4.59. The molecule has 0 radical (unpaired) electrons. The average molecular weight is 332 g/mol. The van der Waals surface area contributed by atoms with Crippen molar-refractivity contribution in [2.75, 3.05) is 19.6 Å². The van der Waals surface area contributed by atoms with Crippen LogP contribution in [0.15, 0.2) is 17.5 Å². The molecule has 0 saturated carbocycles. The molecular formula is C17H24N4OS. The summed E-state index contributed by atoms with van der Waals surface area (Å²) in [5.41, 5.74) is 8.57. The van der Waals surface area contributed by atoms with Crippen LogP contribution >= 0.6 is 11.3 Å². The van der Waals surface area contributed by atoms with Crippen molar-refractivity contribution in [2.24, 2.45) is 11.8 Å². The minimum absolute atomic E-state index is 0.149. The second-order valence-electron chi connectivity index (χ2n) is 6.73. The summed E-state index contributed by atoms with van der Waals surface area (Å²) in [7, 11) is 0. The average Bonchev–Trinajstić information content (AvgIpc) is 3.29. The maximum absolute atomic E-state index is 12.7. The molecule has 0 spiro atoms. The zero-order valence-electron chi connectivity index (χ0n) is 13.5. The topological polar surface area (TPSA) is 60.2 Å². The number of nitrogens with one attached hydrogen (secondary N) is 3. The highest BCUT2D eigenvalue weighted by Crippen LogP contribution is 2.29. The number of likely N-dealkylation sites (tertiary alicyclic amines) is 1. The number of carbonyl (C=O) groups is 1. The molecule has 4 rings (SSSR count). The minimum Gasteiger partial charge on any atom is -0.350 e. The fraction of sp³-hybridized carbons (Fsp3) is 0.588. The first-order chi connectivity index (χ1) is 11.3. The van der Waals surface area contributed by atoms with E-state index in [4.69, 9.17) is 0 Å². The molecule has 5 nitrogen and oxygen atoms in total. The number of carbonyl (C=O) groups excluding carboxylic acids is 1. The van der Waals surface area contributed by atoms with Gasteiger partial charge < -0.3 is 9.88 Å². The van der Waals surface area contributed by atoms with E-state index in [0.29, 0.717) is 12.0 Å². The van der Waals surface area contributed by atoms with Gasteiger partial charge in [0.1, 0.15) is 5.69 Å². The standard InChI is InChI=1S/C17H24N4OS/c1-2-11-10-18-20-16(11)12-3-6-21(7-4-12)17(22)14-9-15-13(19-14)5-8-23-15/h5,8-9,11-12,16,18-20H,2-4,6-7,10H2,1H3. The molecule has 2 saturated heterocycles. The molecule has 2 atom stereocenters. The molecule has 1 amide bonds. The number of H-pyrrole nitrogens is 1. The molecule has 0 aliphatic carbocycles. The smallest absolute Gasteiger partial charge is 0.270 e. The maximum Gasteiger partial charge on any atom is 0.270 e. The Labute approximate surface area is 140 Å². The van der Waals surface area contributed by atoms with Crippen molar-refractivity contribution in [3.63, 3.8) is 0 Å². The van der Waals surface area contributed by atoms with Gasteiger partial charge in [0.05, 0.1) is 10.2 Å². The van der Waals surface area contributed by atoms with Gasteiger partial charge in [0.2, 0.25) is 0 Å². The number of hydrogen-bond acceptors (Lipinski definition) is 4. The molecule has 2 unspecified atom stereocenters. The zero-order chi connectivity index (χ0) is 15.8. The van der Waals surface area contributed by atoms with Crippen LogP contribution in [0.4, 0.5) is 0 Å². The van der Waals surface area contributed by atoms with Gasteiger partial charge in [-0.25, -0.2) is 0 Å². The largest absolute Gasteiger partial charge is 0.350 e. The predicted molar refractivity (Wildman–Crippen MR) is 93.5 cm³/mol. The Morgan fingerprint density at radius 3 is 2.96 bits per heavy atom. The lowest BCUT2D eigenvalue weighted by atomic mass is 9.82. The SMILES string of the molecule is CCC1CNNC1C1CCN(C(=O)c2cc3sccc3[nH]2)CC1. The fourth-order valence-corrected chi connectivity index (χ4v) is 4.83. The van der Waals surface area contributed by atoms with Crippen LogP contribution in [0.3, 0.4) is 0 Å². The van der Waals surface area contributed by atoms with Crippen molar-refractivity contribution in [3.8, 4) is 0 Å². The molecule has 3 N–H and O–H groups in total. The maximum atomic E-state index is 12.7. The Kier molecular flexibility index (Phi) is 4.13. The van der Waals surface area contributed by atoms with E-state index in [1.807, 2.05) is 22.4 Å². The third-order valence-electron chi connectivity index (χ3n) is 5.47. The molecule has 2 aliphatic rings. The summed E-state index contributed by atoms with van der Waals surface area (Å²) in [4.78, 5) is 17.9. The lowest BCUT2D eigenvalue weighted by Crippen LogP contribution is -2.46. The molecule has 2 aromatic heterocycles. The van der Waals surface area contributed by atoms with E-state index in [-0.39, 0.29) is 5.91 Å². The number of amides is 1. The minimum atomic E-state index is 0.149. The van der Waals surface area contributed by atoms with Gasteiger partial charge in [-0.1, -0.05) is 13.3 Å². The number of aromatic nitrogens is 1. The second-order valence-corrected chi connectivity index (χ2v) is 7.68. The van der Waals surface area contributed by atoms with E-state index >= 15 is 0 Å². The summed E-state index contributed by atoms with van der Waals surface area (Å²) in [5, 5.41) is 2.05. The second kappa shape index (κ2) is 6.26. The number of nitrogens with zero attached hydrogens (tertiary/aromatic N) is 1. The normalized spacial score (nSPS) is 26.2. The fourth-order valence-electron chi connectivity index (χ4n) is 4.05. The summed E-state index contributed by atoms with van der Waals surface area (Å²) in [6.45, 7) is 5.07. The van der Waals surface area contributed by atoms with Crippen LogP contribution < -0.4 is 10.9 Å². The van der Waals surface area contributed by atoms with Crippen LogP contribution in [0.1, 0.15) is 36.7 Å². The van der Waals surface area contributed by atoms with E-state index < -0.39 is 0 Å². The Balaban J connectivity index is 1.39. The third-order valence-corrected chi connectivity index (χ3v) is 6.33. The van der Waals surface area contributed by atoms with Crippen molar-refractivity contribution >= 4 is 27.5 Å². The number of hydrazine groups is 1. The monoisotopic (exact) mass is 332 g/mol. The van der Waals surface area contributed by atoms with E-state index in [1.165, 1.54) is 6.42 Å². The molecule has 6 heteroatoms. The number of piperidine rings is 1. The summed E-state index contributed by atoms with van der Waals surface area (Å²) < 4.78 is 1.16. The van der Waals surface area contributed by atoms with Crippen molar-refractivity contribution in [3.05, 3.63) is 23.2 Å². The molecule has 4 heterocycles. The number of thiophene rings is 1. The quantitative estimate of drug-likeness (QED) is 0.810. The van der Waals surface area contributed by atoms with Gasteiger partial charge in [-0.05, 0) is 42.2 Å². The first kappa shape index (κ1) is 15.2. The summed E-state index contributed by atoms with van der Waals surface area (Å²) >= 11 is 1.67. The summed E-state index contributed by atoms with van der Waals surface area (Å²) in [5.74, 6) is 1.54. The Hall–Kier alpha value is -1.37. The van der Waals surface area contributed by atoms with Gasteiger partial charge in [0, 0.05) is 25.7 Å². The van der Waals surface area contributed by atoms with Crippen LogP contribution in [-0.4, -0.2) is 41.5 Å². The number of fused-ring (bicyclic) bond motifs is 1. The lowest BCUT2D eigenvalue weighted by Gasteiger charge is -2.36. The van der Waals surface area contributed by atoms with Crippen LogP contribution in [0.5, 0.6) is 0 Å². The van der Waals surface area contributed by atoms with Gasteiger partial charge in [0.25, 0.3) is 5.91 Å². The van der Waals surface area contributed by atoms with E-state index in [2.05, 4.69) is 22.8 Å². The molecular weight excluding hydrogens is 308 g/mol. The highest BCUT2D eigenvalue weighted by Gasteiger charge is 2.35. The number of hydrogen-bond donors (Lipinski definition) is 3. The van der Waals surface area contributed by atoms with Crippen molar-refractivity contribution in [2.45, 2.75) is 32.2 Å². The highest BCUT2D eigenvalue weighted by atomic mass is 32.1. The Bertz CT molecular complexity index is 657. The highest BCUT2D eigenvalue weighted by molar-refractivity contribution is 7.17. The van der Waals surface area contributed by atoms with Crippen molar-refractivity contribution in [1.29, 1.82) is 0 Å². The zero-order valence-corrected chi connectivity index (χ0v) is 14.3. The molecule has 23 heavy (non-hydrogen) atoms. The van der Waals surface area contributed by atoms with Crippen LogP contribution in [0.2, 0.25) is 0 Å². The van der Waals surface area contributed by atoms with Crippen molar-refractivity contribution < 1.29 is 4.79 Å². The Morgan fingerprint density at radius 1 is 1.39 bits per heavy atom. The molecule has 2 fully saturated rings. The molecule has 0 aromatic carbocycles. The first-order valence-electron chi connectivity index (χ1n) is 8.60. The van der Waals surface area contributed by atoms with Gasteiger partial charge in [-0.3, -0.25) is 15.6 Å². The molecule has 0 bridgehead atoms. The van der Waals surface area contributed by atoms with Crippen LogP contribution in [0.25, 0.3) is 10.2 Å². The van der Waals surface area contributed by atoms with Gasteiger partial charge in [-0.15, -0.1) is 11.3 Å². The van der Waals surface area contributed by atoms with Gasteiger partial charge >= 0.3 is 0 Å². The first-order valence-corrected chi connectivity index (χ1v) is 9.48. The molecule has 2 aromatic rings. The lowest BCUT2D eigenvalue weighted by molar-refractivity contribution is 0.0658. The molecule has 2 aliphatic heterocycles. The predicted octanol–water partition coefficient (Wildman–Crippen LogP) is 2.58. The van der Waals surface area contributed by atoms with E-state index in [0.717, 1.165) is 54.3 Å².